The maximum absolute atomic E-state index is 9.34. The van der Waals surface area contributed by atoms with E-state index in [2.05, 4.69) is 75.9 Å². The van der Waals surface area contributed by atoms with Crippen LogP contribution in [0.5, 0.6) is 0 Å². The summed E-state index contributed by atoms with van der Waals surface area (Å²) in [6, 6.07) is 1.92. The molecular weight excluding hydrogens is 1450 g/mol. The van der Waals surface area contributed by atoms with Crippen LogP contribution in [0.2, 0.25) is 0 Å². The van der Waals surface area contributed by atoms with Crippen molar-refractivity contribution in [2.75, 3.05) is 99.0 Å². The van der Waals surface area contributed by atoms with Gasteiger partial charge in [0.05, 0.1) is 83.2 Å². The fourth-order valence-electron chi connectivity index (χ4n) is 2.45. The topological polar surface area (TPSA) is 242 Å². The van der Waals surface area contributed by atoms with Gasteiger partial charge in [-0.3, -0.25) is 0 Å². The molecule has 0 amide bonds. The molecule has 0 aliphatic carbocycles. The predicted molar refractivity (Wildman–Crippen MR) is 169 cm³/mol. The molecule has 0 spiro atoms. The molecule has 0 heterocycles. The Hall–Kier alpha value is -4.66. The average Bonchev–Trinajstić information content (AvgIpc) is 3.03. The minimum Gasteiger partial charge on any atom is -0.553 e. The monoisotopic (exact) mass is 1500 g/mol. The van der Waals surface area contributed by atoms with Gasteiger partial charge in [-0.15, -0.1) is 0 Å². The first kappa shape index (κ1) is 61.6. The quantitative estimate of drug-likeness (QED) is 0.0401. The van der Waals surface area contributed by atoms with E-state index < -0.39 is 36.6 Å². The predicted octanol–water partition coefficient (Wildman–Crippen LogP) is -1.14. The molecule has 294 valence electrons. The second-order valence-corrected chi connectivity index (χ2v) is 9.16. The van der Waals surface area contributed by atoms with Gasteiger partial charge in [0.15, 0.2) is 0 Å². The first-order chi connectivity index (χ1) is 23.0. The molecule has 0 aliphatic rings. The third kappa shape index (κ3) is 61.1. The Morgan fingerprint density at radius 1 is 0.451 bits per heavy atom. The number of ether oxygens (including phenoxy) is 10. The Labute approximate surface area is 285 Å². The summed E-state index contributed by atoms with van der Waals surface area (Å²) in [5.41, 5.74) is 0. The van der Waals surface area contributed by atoms with Crippen LogP contribution in [0.3, 0.4) is 0 Å². The van der Waals surface area contributed by atoms with E-state index in [1.54, 1.807) is 0 Å². The van der Waals surface area contributed by atoms with Crippen molar-refractivity contribution in [3.05, 3.63) is 54.1 Å². The van der Waals surface area contributed by atoms with Gasteiger partial charge in [0.1, 0.15) is 18.8 Å². The van der Waals surface area contributed by atoms with Gasteiger partial charge in [0.25, 0.3) is 0 Å². The number of rotatable bonds is 28. The van der Waals surface area contributed by atoms with Crippen LogP contribution in [0, 0.1) is 60.6 Å². The standard InChI is InChI=1S/2C10H18NO5.2C5H10O3.3Rf/c1-11-3-4-15-6-10(13)8-16-7-9(12)5-14-2;1-14-5-9(12)7-16-8-10(13)6-15-4-2-3-11;2*1-7-3-5(6)4-8-2;;;/h9-10,12-13H,2-8H2;9-10,12-13H,1-2,4-8H2;2*5-6H,1-4H2;;;/q2*-1;2*-2;;;. The number of nitrogens with zero attached hydrogens (tertiary/aromatic N) is 2. The first-order valence-corrected chi connectivity index (χ1v) is 14.3. The molecule has 6 N–H and O–H groups in total. The van der Waals surface area contributed by atoms with Gasteiger partial charge in [0.2, 0.25) is 6.54 Å². The second kappa shape index (κ2) is 52.2. The molecule has 0 fully saturated rings. The van der Waals surface area contributed by atoms with E-state index in [9.17, 15) is 15.3 Å². The van der Waals surface area contributed by atoms with Crippen molar-refractivity contribution < 1.29 is 78.0 Å². The molecule has 18 nitrogen and oxygen atoms in total. The van der Waals surface area contributed by atoms with Gasteiger partial charge >= 0.3 is 0 Å². The molecule has 0 aromatic carbocycles. The molecule has 21 heteroatoms. The summed E-state index contributed by atoms with van der Waals surface area (Å²) in [7, 11) is 18.5. The van der Waals surface area contributed by atoms with Crippen molar-refractivity contribution in [3.8, 4) is 6.07 Å². The molecule has 4 atom stereocenters. The average molecular weight is 1500 g/mol. The molecule has 0 aromatic rings. The van der Waals surface area contributed by atoms with Gasteiger partial charge < -0.3 is 82.9 Å². The van der Waals surface area contributed by atoms with Gasteiger partial charge in [-0.1, -0.05) is 0 Å². The summed E-state index contributed by atoms with van der Waals surface area (Å²) in [5, 5.41) is 62.7. The number of aliphatic hydroxyl groups is 6. The van der Waals surface area contributed by atoms with Crippen LogP contribution in [-0.4, -0.2) is 166 Å². The van der Waals surface area contributed by atoms with Crippen LogP contribution in [0.15, 0.2) is 0 Å². The van der Waals surface area contributed by atoms with E-state index in [-0.39, 0.29) is 85.8 Å². The van der Waals surface area contributed by atoms with Crippen LogP contribution >= 0.6 is 0 Å². The van der Waals surface area contributed by atoms with Crippen molar-refractivity contribution in [2.45, 2.75) is 43.0 Å². The van der Waals surface area contributed by atoms with E-state index in [0.29, 0.717) is 19.6 Å². The van der Waals surface area contributed by atoms with Gasteiger partial charge in [-0.2, -0.15) is 5.26 Å². The number of hydrogen-bond donors (Lipinski definition) is 6. The number of hydrogen-bond acceptors (Lipinski definition) is 17. The molecule has 0 aliphatic heterocycles. The van der Waals surface area contributed by atoms with Crippen LogP contribution in [0.1, 0.15) is 6.42 Å². The number of nitriles is 1. The molecule has 0 aromatic heterocycles. The van der Waals surface area contributed by atoms with Gasteiger partial charge in [-0.25, -0.2) is 49.2 Å². The van der Waals surface area contributed by atoms with E-state index >= 15 is 0 Å². The van der Waals surface area contributed by atoms with Crippen LogP contribution in [-0.2, 0) is 47.4 Å². The summed E-state index contributed by atoms with van der Waals surface area (Å²) in [6.07, 6.45) is -3.91. The summed E-state index contributed by atoms with van der Waals surface area (Å²) in [5.74, 6) is 0. The summed E-state index contributed by atoms with van der Waals surface area (Å²) in [4.78, 5) is 3.10. The van der Waals surface area contributed by atoms with Crippen molar-refractivity contribution in [1.29, 1.82) is 5.26 Å². The van der Waals surface area contributed by atoms with E-state index in [1.807, 2.05) is 6.07 Å². The minimum absolute atomic E-state index is 0. The van der Waals surface area contributed by atoms with Gasteiger partial charge in [0, 0.05) is 39.6 Å². The Balaban J connectivity index is -0.000000104. The second-order valence-electron chi connectivity index (χ2n) is 9.16. The van der Waals surface area contributed by atoms with Crippen LogP contribution in [0.4, 0.5) is 0 Å². The molecule has 51 heavy (non-hydrogen) atoms. The minimum atomic E-state index is -0.758. The van der Waals surface area contributed by atoms with E-state index in [0.717, 1.165) is 0 Å². The molecule has 0 radical (unpaired) electrons. The zero-order chi connectivity index (χ0) is 37.3. The normalized spacial score (nSPS) is 12.3. The largest absolute Gasteiger partial charge is 0.553 e. The molecule has 0 saturated heterocycles. The third-order valence-corrected chi connectivity index (χ3v) is 4.43. The molecule has 0 bridgehead atoms. The molecular formula is C30H56N2O16Rf3-6. The molecule has 0 saturated carbocycles. The molecule has 0 rings (SSSR count). The Morgan fingerprint density at radius 2 is 0.686 bits per heavy atom. The van der Waals surface area contributed by atoms with Gasteiger partial charge in [-0.05, 0) is 0 Å². The first-order valence-electron chi connectivity index (χ1n) is 14.3. The van der Waals surface area contributed by atoms with Crippen molar-refractivity contribution in [2.24, 2.45) is 0 Å². The van der Waals surface area contributed by atoms with Crippen molar-refractivity contribution in [1.82, 2.24) is 0 Å². The fraction of sp³-hybridized carbons (Fsp3) is 0.733. The fourth-order valence-corrected chi connectivity index (χ4v) is 2.45. The third-order valence-electron chi connectivity index (χ3n) is 4.43. The Bertz CT molecular complexity index is 635. The Kier molecular flexibility index (Phi) is 63.0. The summed E-state index contributed by atoms with van der Waals surface area (Å²) < 4.78 is 46.3. The maximum atomic E-state index is 9.34. The SMILES string of the molecule is [C-]#[N+]CCOCC(O)COCC(O)CO[CH2-].[CH2-]OCC(O)COCC(O)COCCC#N.[CH2-]OCC(O)CO[CH2-].[CH2-]OCC(O)CO[CH2-].[Rf].[Rf].[Rf]. The van der Waals surface area contributed by atoms with Crippen molar-refractivity contribution in [3.63, 3.8) is 0 Å². The summed E-state index contributed by atoms with van der Waals surface area (Å²) in [6.45, 7) is 8.87. The molecule has 4 unspecified atom stereocenters. The number of aliphatic hydroxyl groups excluding tert-OH is 6. The van der Waals surface area contributed by atoms with E-state index in [1.165, 1.54) is 0 Å². The zero-order valence-corrected chi connectivity index (χ0v) is 49.0. The zero-order valence-electron chi connectivity index (χ0n) is 29.8. The van der Waals surface area contributed by atoms with E-state index in [4.69, 9.17) is 46.1 Å². The van der Waals surface area contributed by atoms with Crippen LogP contribution < -0.4 is 0 Å². The Morgan fingerprint density at radius 3 is 0.941 bits per heavy atom. The van der Waals surface area contributed by atoms with Crippen LogP contribution in [0.25, 0.3) is 4.85 Å². The maximum Gasteiger partial charge on any atom is 0.237 e. The smallest absolute Gasteiger partial charge is 0.237 e. The van der Waals surface area contributed by atoms with Crippen molar-refractivity contribution >= 4 is 0 Å². The summed E-state index contributed by atoms with van der Waals surface area (Å²) >= 11 is 0.